The molecule has 0 aliphatic carbocycles. The maximum absolute atomic E-state index is 12.8. The van der Waals surface area contributed by atoms with Crippen LogP contribution in [0.3, 0.4) is 0 Å². The lowest BCUT2D eigenvalue weighted by Gasteiger charge is -2.26. The fourth-order valence-electron chi connectivity index (χ4n) is 3.30. The standard InChI is InChI=1S/C20H20N4O2S2/c1-15-12-17-3-2-16(13-21)14-24(17)20(15)27-18-4-6-19(7-5-18)28(25,26)23-10-8-22-9-11-23/h2-7,12,14,22H,8-11H2,1H3. The molecule has 3 heterocycles. The van der Waals surface area contributed by atoms with Crippen LogP contribution in [0.25, 0.3) is 5.52 Å². The third-order valence-electron chi connectivity index (χ3n) is 4.78. The van der Waals surface area contributed by atoms with E-state index in [1.54, 1.807) is 30.0 Å². The fraction of sp³-hybridized carbons (Fsp3) is 0.250. The highest BCUT2D eigenvalue weighted by Gasteiger charge is 2.25. The van der Waals surface area contributed by atoms with E-state index in [4.69, 9.17) is 5.26 Å². The number of sulfonamides is 1. The Morgan fingerprint density at radius 1 is 1.11 bits per heavy atom. The highest BCUT2D eigenvalue weighted by atomic mass is 32.2. The molecular formula is C20H20N4O2S2. The molecule has 1 saturated heterocycles. The quantitative estimate of drug-likeness (QED) is 0.713. The predicted octanol–water partition coefficient (Wildman–Crippen LogP) is 2.86. The second-order valence-corrected chi connectivity index (χ2v) is 9.68. The summed E-state index contributed by atoms with van der Waals surface area (Å²) < 4.78 is 29.1. The van der Waals surface area contributed by atoms with E-state index in [1.807, 2.05) is 35.7 Å². The smallest absolute Gasteiger partial charge is 0.243 e. The van der Waals surface area contributed by atoms with E-state index in [0.29, 0.717) is 36.6 Å². The van der Waals surface area contributed by atoms with Gasteiger partial charge < -0.3 is 9.72 Å². The van der Waals surface area contributed by atoms with Gasteiger partial charge in [0.25, 0.3) is 0 Å². The van der Waals surface area contributed by atoms with Crippen LogP contribution in [-0.4, -0.2) is 43.3 Å². The van der Waals surface area contributed by atoms with Crippen LogP contribution in [0.2, 0.25) is 0 Å². The van der Waals surface area contributed by atoms with Gasteiger partial charge in [0.2, 0.25) is 10.0 Å². The summed E-state index contributed by atoms with van der Waals surface area (Å²) in [4.78, 5) is 1.27. The van der Waals surface area contributed by atoms with Crippen molar-refractivity contribution >= 4 is 27.3 Å². The Hall–Kier alpha value is -2.31. The average Bonchev–Trinajstić information content (AvgIpc) is 3.03. The topological polar surface area (TPSA) is 77.6 Å². The molecule has 8 heteroatoms. The molecule has 0 bridgehead atoms. The first-order valence-electron chi connectivity index (χ1n) is 8.99. The largest absolute Gasteiger partial charge is 0.314 e. The predicted molar refractivity (Wildman–Crippen MR) is 109 cm³/mol. The third-order valence-corrected chi connectivity index (χ3v) is 7.91. The first-order valence-corrected chi connectivity index (χ1v) is 11.3. The highest BCUT2D eigenvalue weighted by molar-refractivity contribution is 7.99. The molecule has 6 nitrogen and oxygen atoms in total. The Balaban J connectivity index is 1.61. The van der Waals surface area contributed by atoms with Crippen molar-refractivity contribution in [2.45, 2.75) is 21.7 Å². The van der Waals surface area contributed by atoms with Crippen LogP contribution in [0.1, 0.15) is 11.1 Å². The van der Waals surface area contributed by atoms with E-state index in [9.17, 15) is 8.42 Å². The molecule has 0 saturated carbocycles. The Kier molecular flexibility index (Phi) is 5.17. The van der Waals surface area contributed by atoms with Gasteiger partial charge in [0.15, 0.2) is 0 Å². The molecule has 0 amide bonds. The van der Waals surface area contributed by atoms with Crippen LogP contribution in [0.15, 0.2) is 63.5 Å². The zero-order valence-electron chi connectivity index (χ0n) is 15.4. The minimum Gasteiger partial charge on any atom is -0.314 e. The summed E-state index contributed by atoms with van der Waals surface area (Å²) in [5, 5.41) is 13.4. The average molecular weight is 413 g/mol. The minimum atomic E-state index is -3.45. The molecule has 1 fully saturated rings. The van der Waals surface area contributed by atoms with Gasteiger partial charge in [-0.25, -0.2) is 8.42 Å². The summed E-state index contributed by atoms with van der Waals surface area (Å²) in [6.07, 6.45) is 1.83. The number of aromatic nitrogens is 1. The first kappa shape index (κ1) is 19.0. The van der Waals surface area contributed by atoms with Crippen LogP contribution in [0, 0.1) is 18.3 Å². The Labute approximate surface area is 168 Å². The van der Waals surface area contributed by atoms with Crippen molar-refractivity contribution in [2.24, 2.45) is 0 Å². The Morgan fingerprint density at radius 2 is 1.82 bits per heavy atom. The van der Waals surface area contributed by atoms with Crippen LogP contribution in [-0.2, 0) is 10.0 Å². The van der Waals surface area contributed by atoms with Crippen molar-refractivity contribution in [3.63, 3.8) is 0 Å². The van der Waals surface area contributed by atoms with Gasteiger partial charge in [-0.3, -0.25) is 0 Å². The van der Waals surface area contributed by atoms with Crippen molar-refractivity contribution in [3.8, 4) is 6.07 Å². The van der Waals surface area contributed by atoms with E-state index in [1.165, 1.54) is 4.31 Å². The first-order chi connectivity index (χ1) is 13.5. The summed E-state index contributed by atoms with van der Waals surface area (Å²) in [7, 11) is -3.45. The molecular weight excluding hydrogens is 392 g/mol. The summed E-state index contributed by atoms with van der Waals surface area (Å²) in [6, 6.07) is 15.0. The number of nitriles is 1. The lowest BCUT2D eigenvalue weighted by molar-refractivity contribution is 0.360. The van der Waals surface area contributed by atoms with Gasteiger partial charge >= 0.3 is 0 Å². The van der Waals surface area contributed by atoms with Crippen LogP contribution >= 0.6 is 11.8 Å². The summed E-state index contributed by atoms with van der Waals surface area (Å²) >= 11 is 1.56. The molecule has 0 atom stereocenters. The second kappa shape index (κ2) is 7.60. The third kappa shape index (κ3) is 3.54. The Bertz CT molecular complexity index is 1160. The van der Waals surface area contributed by atoms with Gasteiger partial charge in [-0.15, -0.1) is 0 Å². The van der Waals surface area contributed by atoms with Crippen LogP contribution in [0.5, 0.6) is 0 Å². The zero-order chi connectivity index (χ0) is 19.7. The number of nitrogens with zero attached hydrogens (tertiary/aromatic N) is 3. The molecule has 3 aromatic rings. The summed E-state index contributed by atoms with van der Waals surface area (Å²) in [5.74, 6) is 0. The lowest BCUT2D eigenvalue weighted by Crippen LogP contribution is -2.46. The molecule has 4 rings (SSSR count). The molecule has 0 unspecified atom stereocenters. The van der Waals surface area contributed by atoms with Crippen molar-refractivity contribution in [2.75, 3.05) is 26.2 Å². The number of piperazine rings is 1. The monoisotopic (exact) mass is 412 g/mol. The molecule has 2 aromatic heterocycles. The fourth-order valence-corrected chi connectivity index (χ4v) is 5.71. The normalized spacial score (nSPS) is 15.6. The number of fused-ring (bicyclic) bond motifs is 1. The number of aryl methyl sites for hydroxylation is 1. The molecule has 1 aliphatic heterocycles. The SMILES string of the molecule is Cc1cc2ccc(C#N)cn2c1Sc1ccc(S(=O)(=O)N2CCNCC2)cc1. The number of rotatable bonds is 4. The minimum absolute atomic E-state index is 0.322. The van der Waals surface area contributed by atoms with E-state index >= 15 is 0 Å². The van der Waals surface area contributed by atoms with Gasteiger partial charge in [-0.05, 0) is 55.0 Å². The molecule has 0 radical (unpaired) electrons. The van der Waals surface area contributed by atoms with Crippen molar-refractivity contribution in [1.82, 2.24) is 14.0 Å². The van der Waals surface area contributed by atoms with E-state index in [-0.39, 0.29) is 0 Å². The van der Waals surface area contributed by atoms with Gasteiger partial charge in [0.1, 0.15) is 6.07 Å². The van der Waals surface area contributed by atoms with Crippen molar-refractivity contribution in [1.29, 1.82) is 5.26 Å². The summed E-state index contributed by atoms with van der Waals surface area (Å²) in [6.45, 7) is 4.38. The zero-order valence-corrected chi connectivity index (χ0v) is 17.1. The highest BCUT2D eigenvalue weighted by Crippen LogP contribution is 2.33. The van der Waals surface area contributed by atoms with Crippen LogP contribution < -0.4 is 5.32 Å². The maximum atomic E-state index is 12.8. The molecule has 144 valence electrons. The number of nitrogens with one attached hydrogen (secondary N) is 1. The van der Waals surface area contributed by atoms with Gasteiger partial charge in [-0.1, -0.05) is 11.8 Å². The Morgan fingerprint density at radius 3 is 2.50 bits per heavy atom. The number of hydrogen-bond acceptors (Lipinski definition) is 5. The molecule has 0 spiro atoms. The summed E-state index contributed by atoms with van der Waals surface area (Å²) in [5.41, 5.74) is 2.73. The number of pyridine rings is 1. The van der Waals surface area contributed by atoms with Gasteiger partial charge in [0.05, 0.1) is 15.5 Å². The number of benzene rings is 1. The molecule has 1 aromatic carbocycles. The van der Waals surface area contributed by atoms with E-state index < -0.39 is 10.0 Å². The molecule has 28 heavy (non-hydrogen) atoms. The van der Waals surface area contributed by atoms with Crippen molar-refractivity contribution < 1.29 is 8.42 Å². The van der Waals surface area contributed by atoms with Crippen LogP contribution in [0.4, 0.5) is 0 Å². The molecule has 1 aliphatic rings. The maximum Gasteiger partial charge on any atom is 0.243 e. The number of hydrogen-bond donors (Lipinski definition) is 1. The second-order valence-electron chi connectivity index (χ2n) is 6.68. The van der Waals surface area contributed by atoms with Crippen molar-refractivity contribution in [3.05, 3.63) is 59.8 Å². The van der Waals surface area contributed by atoms with Gasteiger partial charge in [0, 0.05) is 42.8 Å². The molecule has 1 N–H and O–H groups in total. The van der Waals surface area contributed by atoms with E-state index in [2.05, 4.69) is 17.5 Å². The lowest BCUT2D eigenvalue weighted by atomic mass is 10.3. The van der Waals surface area contributed by atoms with E-state index in [0.717, 1.165) is 21.0 Å². The van der Waals surface area contributed by atoms with Gasteiger partial charge in [-0.2, -0.15) is 9.57 Å².